The summed E-state index contributed by atoms with van der Waals surface area (Å²) in [6.07, 6.45) is 17.0. The Kier molecular flexibility index (Phi) is 10.4. The van der Waals surface area contributed by atoms with Gasteiger partial charge < -0.3 is 9.16 Å². The van der Waals surface area contributed by atoms with E-state index in [0.717, 1.165) is 25.7 Å². The minimum Gasteiger partial charge on any atom is -0.465 e. The highest BCUT2D eigenvalue weighted by Gasteiger charge is 2.47. The first kappa shape index (κ1) is 29.9. The van der Waals surface area contributed by atoms with Crippen LogP contribution in [0.25, 0.3) is 0 Å². The molecule has 0 amide bonds. The molecule has 6 heteroatoms. The Morgan fingerprint density at radius 1 is 1.28 bits per heavy atom. The van der Waals surface area contributed by atoms with Crippen molar-refractivity contribution in [2.75, 3.05) is 7.11 Å². The lowest BCUT2D eigenvalue weighted by atomic mass is 9.63. The molecule has 3 nitrogen and oxygen atoms in total. The number of carbonyl (C=O) groups excluding carboxylic acids is 1. The standard InChI is InChI=1S/C30H49ClO3SSi/c1-8-30(20-11-21-30)27(34-36(6,7)29(2,3)4)15-10-14-24-22(16-18-25(24)31)12-9-13-23-17-19-26(35-23)28(32)33-5/h10,14,17,19,22,24-25,27H,8-9,11-13,15-16,18,20-21H2,1-7H3/t22-,24+,25+,27?/m0/s1. The van der Waals surface area contributed by atoms with Crippen molar-refractivity contribution in [2.24, 2.45) is 17.3 Å². The molecule has 0 spiro atoms. The van der Waals surface area contributed by atoms with Gasteiger partial charge in [0.25, 0.3) is 0 Å². The number of allylic oxidation sites excluding steroid dienone is 1. The molecule has 1 aromatic rings. The Labute approximate surface area is 230 Å². The number of hydrogen-bond donors (Lipinski definition) is 0. The van der Waals surface area contributed by atoms with Crippen LogP contribution in [0.15, 0.2) is 24.3 Å². The molecule has 1 heterocycles. The lowest BCUT2D eigenvalue weighted by Crippen LogP contribution is -2.51. The van der Waals surface area contributed by atoms with Gasteiger partial charge >= 0.3 is 5.97 Å². The first-order valence-electron chi connectivity index (χ1n) is 14.1. The topological polar surface area (TPSA) is 35.5 Å². The van der Waals surface area contributed by atoms with Crippen LogP contribution in [0.5, 0.6) is 0 Å². The van der Waals surface area contributed by atoms with Gasteiger partial charge in [-0.2, -0.15) is 0 Å². The average Bonchev–Trinajstić information content (AvgIpc) is 3.39. The van der Waals surface area contributed by atoms with Crippen LogP contribution in [-0.4, -0.2) is 32.9 Å². The number of ether oxygens (including phenoxy) is 1. The molecule has 3 rings (SSSR count). The Hall–Kier alpha value is -0.623. The smallest absolute Gasteiger partial charge is 0.348 e. The zero-order chi connectivity index (χ0) is 26.6. The van der Waals surface area contributed by atoms with Crippen molar-refractivity contribution in [2.45, 2.75) is 122 Å². The van der Waals surface area contributed by atoms with Gasteiger partial charge in [-0.3, -0.25) is 0 Å². The van der Waals surface area contributed by atoms with Crippen LogP contribution in [0.1, 0.15) is 100 Å². The van der Waals surface area contributed by atoms with Crippen LogP contribution in [0.4, 0.5) is 0 Å². The zero-order valence-electron chi connectivity index (χ0n) is 23.7. The van der Waals surface area contributed by atoms with Crippen LogP contribution in [0.3, 0.4) is 0 Å². The van der Waals surface area contributed by atoms with E-state index in [-0.39, 0.29) is 16.4 Å². The van der Waals surface area contributed by atoms with Crippen molar-refractivity contribution in [3.63, 3.8) is 0 Å². The summed E-state index contributed by atoms with van der Waals surface area (Å²) in [7, 11) is -0.392. The predicted octanol–water partition coefficient (Wildman–Crippen LogP) is 9.41. The molecule has 4 atom stereocenters. The van der Waals surface area contributed by atoms with Gasteiger partial charge in [-0.1, -0.05) is 46.3 Å². The minimum atomic E-state index is -1.83. The largest absolute Gasteiger partial charge is 0.465 e. The van der Waals surface area contributed by atoms with E-state index in [4.69, 9.17) is 20.8 Å². The molecule has 2 fully saturated rings. The van der Waals surface area contributed by atoms with Crippen molar-refractivity contribution in [1.29, 1.82) is 0 Å². The summed E-state index contributed by atoms with van der Waals surface area (Å²) in [5, 5.41) is 0.466. The number of aryl methyl sites for hydroxylation is 1. The van der Waals surface area contributed by atoms with E-state index in [0.29, 0.717) is 28.2 Å². The number of alkyl halides is 1. The maximum atomic E-state index is 11.7. The summed E-state index contributed by atoms with van der Waals surface area (Å²) in [5.74, 6) is 0.861. The van der Waals surface area contributed by atoms with Crippen molar-refractivity contribution >= 4 is 37.2 Å². The average molecular weight is 553 g/mol. The van der Waals surface area contributed by atoms with E-state index in [1.165, 1.54) is 50.5 Å². The molecule has 1 unspecified atom stereocenters. The molecular weight excluding hydrogens is 504 g/mol. The molecular formula is C30H49ClO3SSi. The number of thiophene rings is 1. The molecule has 2 aliphatic rings. The highest BCUT2D eigenvalue weighted by molar-refractivity contribution is 7.13. The lowest BCUT2D eigenvalue weighted by molar-refractivity contribution is -0.0272. The van der Waals surface area contributed by atoms with Crippen molar-refractivity contribution in [3.8, 4) is 0 Å². The van der Waals surface area contributed by atoms with E-state index in [2.05, 4.69) is 59.0 Å². The fourth-order valence-corrected chi connectivity index (χ4v) is 8.57. The van der Waals surface area contributed by atoms with E-state index in [1.54, 1.807) is 11.3 Å². The van der Waals surface area contributed by atoms with Gasteiger partial charge in [0.2, 0.25) is 0 Å². The van der Waals surface area contributed by atoms with Crippen molar-refractivity contribution in [3.05, 3.63) is 34.0 Å². The predicted molar refractivity (Wildman–Crippen MR) is 157 cm³/mol. The van der Waals surface area contributed by atoms with Gasteiger partial charge in [0, 0.05) is 10.3 Å². The number of methoxy groups -OCH3 is 1. The van der Waals surface area contributed by atoms with Gasteiger partial charge in [0.15, 0.2) is 8.32 Å². The number of hydrogen-bond acceptors (Lipinski definition) is 4. The first-order chi connectivity index (χ1) is 16.9. The Balaban J connectivity index is 1.59. The highest BCUT2D eigenvalue weighted by Crippen LogP contribution is 2.51. The van der Waals surface area contributed by atoms with Crippen LogP contribution < -0.4 is 0 Å². The molecule has 1 aromatic heterocycles. The molecule has 0 aliphatic heterocycles. The summed E-state index contributed by atoms with van der Waals surface area (Å²) in [6, 6.07) is 3.95. The van der Waals surface area contributed by atoms with Crippen molar-refractivity contribution < 1.29 is 14.0 Å². The maximum absolute atomic E-state index is 11.7. The van der Waals surface area contributed by atoms with Gasteiger partial charge in [-0.05, 0) is 105 Å². The van der Waals surface area contributed by atoms with Crippen LogP contribution in [0, 0.1) is 17.3 Å². The quantitative estimate of drug-likeness (QED) is 0.112. The van der Waals surface area contributed by atoms with Crippen LogP contribution in [0.2, 0.25) is 18.1 Å². The number of halogens is 1. The third-order valence-corrected chi connectivity index (χ3v) is 15.6. The minimum absolute atomic E-state index is 0.228. The second kappa shape index (κ2) is 12.5. The number of carbonyl (C=O) groups is 1. The molecule has 0 bridgehead atoms. The summed E-state index contributed by atoms with van der Waals surface area (Å²) >= 11 is 8.39. The second-order valence-electron chi connectivity index (χ2n) is 12.7. The molecule has 0 N–H and O–H groups in total. The van der Waals surface area contributed by atoms with Gasteiger partial charge in [-0.25, -0.2) is 4.79 Å². The fraction of sp³-hybridized carbons (Fsp3) is 0.767. The molecule has 0 radical (unpaired) electrons. The van der Waals surface area contributed by atoms with Crippen molar-refractivity contribution in [1.82, 2.24) is 0 Å². The Bertz CT molecular complexity index is 877. The van der Waals surface area contributed by atoms with E-state index < -0.39 is 8.32 Å². The first-order valence-corrected chi connectivity index (χ1v) is 18.2. The van der Waals surface area contributed by atoms with E-state index in [1.807, 2.05) is 6.07 Å². The van der Waals surface area contributed by atoms with Crippen LogP contribution in [-0.2, 0) is 15.6 Å². The molecule has 2 saturated carbocycles. The summed E-state index contributed by atoms with van der Waals surface area (Å²) in [5.41, 5.74) is 0.360. The second-order valence-corrected chi connectivity index (χ2v) is 19.2. The van der Waals surface area contributed by atoms with Gasteiger partial charge in [0.05, 0.1) is 13.2 Å². The maximum Gasteiger partial charge on any atom is 0.348 e. The summed E-state index contributed by atoms with van der Waals surface area (Å²) in [6.45, 7) is 14.2. The molecule has 2 aliphatic carbocycles. The normalized spacial score (nSPS) is 25.2. The molecule has 204 valence electrons. The number of esters is 1. The fourth-order valence-electron chi connectivity index (χ4n) is 5.78. The third-order valence-electron chi connectivity index (χ3n) is 9.51. The highest BCUT2D eigenvalue weighted by atomic mass is 35.5. The van der Waals surface area contributed by atoms with E-state index >= 15 is 0 Å². The monoisotopic (exact) mass is 552 g/mol. The summed E-state index contributed by atoms with van der Waals surface area (Å²) < 4.78 is 11.9. The SMILES string of the molecule is CCC1(C(CC=C[C@@H]2[C@@H](CCCc3ccc(C(=O)OC)s3)CC[C@H]2Cl)O[Si](C)(C)C(C)(C)C)CCC1. The third kappa shape index (κ3) is 7.06. The Morgan fingerprint density at radius 3 is 2.58 bits per heavy atom. The molecule has 0 aromatic carbocycles. The molecule has 36 heavy (non-hydrogen) atoms. The van der Waals surface area contributed by atoms with Gasteiger partial charge in [0.1, 0.15) is 4.88 Å². The summed E-state index contributed by atoms with van der Waals surface area (Å²) in [4.78, 5) is 13.7. The van der Waals surface area contributed by atoms with Gasteiger partial charge in [-0.15, -0.1) is 22.9 Å². The zero-order valence-corrected chi connectivity index (χ0v) is 26.3. The number of rotatable bonds is 12. The molecule has 0 saturated heterocycles. The lowest BCUT2D eigenvalue weighted by Gasteiger charge is -2.51. The Morgan fingerprint density at radius 2 is 2.00 bits per heavy atom. The van der Waals surface area contributed by atoms with E-state index in [9.17, 15) is 4.79 Å². The van der Waals surface area contributed by atoms with Crippen LogP contribution >= 0.6 is 22.9 Å².